The van der Waals surface area contributed by atoms with Crippen molar-refractivity contribution in [3.63, 3.8) is 0 Å². The molecule has 0 unspecified atom stereocenters. The van der Waals surface area contributed by atoms with Crippen molar-refractivity contribution in [2.45, 2.75) is 19.5 Å². The first-order valence-electron chi connectivity index (χ1n) is 6.92. The van der Waals surface area contributed by atoms with Gasteiger partial charge >= 0.3 is 0 Å². The number of anilines is 1. The summed E-state index contributed by atoms with van der Waals surface area (Å²) in [6.45, 7) is 3.85. The Morgan fingerprint density at radius 3 is 2.81 bits per heavy atom. The normalized spacial score (nSPS) is 20.0. The Bertz CT molecular complexity index is 611. The minimum Gasteiger partial charge on any atom is -0.348 e. The highest BCUT2D eigenvalue weighted by Crippen LogP contribution is 2.22. The molecule has 1 N–H and O–H groups in total. The van der Waals surface area contributed by atoms with Crippen LogP contribution in [0.5, 0.6) is 0 Å². The van der Waals surface area contributed by atoms with Crippen LogP contribution in [0.3, 0.4) is 0 Å². The van der Waals surface area contributed by atoms with E-state index in [2.05, 4.69) is 21.8 Å². The second-order valence-corrected chi connectivity index (χ2v) is 5.71. The highest BCUT2D eigenvalue weighted by molar-refractivity contribution is 6.30. The molecule has 0 aliphatic carbocycles. The number of aromatic amines is 1. The predicted octanol–water partition coefficient (Wildman–Crippen LogP) is 2.30. The maximum absolute atomic E-state index is 12.4. The fourth-order valence-electron chi connectivity index (χ4n) is 2.56. The number of amides is 1. The summed E-state index contributed by atoms with van der Waals surface area (Å²) >= 11 is 5.90. The van der Waals surface area contributed by atoms with Crippen molar-refractivity contribution in [1.29, 1.82) is 0 Å². The number of H-pyrrole nitrogens is 1. The van der Waals surface area contributed by atoms with E-state index in [0.717, 1.165) is 11.5 Å². The Hall–Kier alpha value is -1.85. The molecule has 1 aliphatic rings. The molecule has 0 bridgehead atoms. The second kappa shape index (κ2) is 5.87. The van der Waals surface area contributed by atoms with Crippen LogP contribution in [0.15, 0.2) is 36.7 Å². The van der Waals surface area contributed by atoms with Crippen LogP contribution in [0.4, 0.5) is 5.69 Å². The molecule has 1 saturated heterocycles. The van der Waals surface area contributed by atoms with E-state index in [-0.39, 0.29) is 11.9 Å². The summed E-state index contributed by atoms with van der Waals surface area (Å²) in [6.07, 6.45) is 3.53. The van der Waals surface area contributed by atoms with E-state index in [1.807, 2.05) is 29.2 Å². The third kappa shape index (κ3) is 3.09. The molecule has 21 heavy (non-hydrogen) atoms. The lowest BCUT2D eigenvalue weighted by Gasteiger charge is -2.39. The molecule has 0 saturated carbocycles. The molecule has 5 nitrogen and oxygen atoms in total. The summed E-state index contributed by atoms with van der Waals surface area (Å²) in [5, 5.41) is 0.677. The maximum Gasteiger partial charge on any atom is 0.241 e. The maximum atomic E-state index is 12.4. The number of carbonyl (C=O) groups excluding carboxylic acids is 1. The number of rotatable bonds is 3. The smallest absolute Gasteiger partial charge is 0.241 e. The highest BCUT2D eigenvalue weighted by atomic mass is 35.5. The molecule has 3 rings (SSSR count). The van der Waals surface area contributed by atoms with E-state index in [9.17, 15) is 4.79 Å². The molecule has 0 radical (unpaired) electrons. The summed E-state index contributed by atoms with van der Waals surface area (Å²) in [7, 11) is 0. The predicted molar refractivity (Wildman–Crippen MR) is 82.3 cm³/mol. The number of hydrogen-bond donors (Lipinski definition) is 1. The SMILES string of the molecule is C[C@@H]1CN(c2ccc(Cl)cc2)C(=O)CN1Cc1ncc[nH]1. The van der Waals surface area contributed by atoms with Crippen LogP contribution < -0.4 is 4.90 Å². The van der Waals surface area contributed by atoms with Gasteiger partial charge in [-0.3, -0.25) is 9.69 Å². The van der Waals surface area contributed by atoms with E-state index >= 15 is 0 Å². The molecule has 1 aliphatic heterocycles. The Labute approximate surface area is 128 Å². The first-order chi connectivity index (χ1) is 10.1. The first kappa shape index (κ1) is 14.1. The van der Waals surface area contributed by atoms with Crippen LogP contribution in [0.25, 0.3) is 0 Å². The van der Waals surface area contributed by atoms with Gasteiger partial charge in [-0.25, -0.2) is 4.98 Å². The Morgan fingerprint density at radius 2 is 2.14 bits per heavy atom. The van der Waals surface area contributed by atoms with Gasteiger partial charge in [-0.05, 0) is 31.2 Å². The molecule has 1 aromatic carbocycles. The molecule has 1 aromatic heterocycles. The quantitative estimate of drug-likeness (QED) is 0.946. The fraction of sp³-hybridized carbons (Fsp3) is 0.333. The number of imidazole rings is 1. The van der Waals surface area contributed by atoms with Gasteiger partial charge in [0.2, 0.25) is 5.91 Å². The topological polar surface area (TPSA) is 52.2 Å². The zero-order chi connectivity index (χ0) is 14.8. The molecule has 110 valence electrons. The van der Waals surface area contributed by atoms with Crippen molar-refractivity contribution >= 4 is 23.2 Å². The largest absolute Gasteiger partial charge is 0.348 e. The Kier molecular flexibility index (Phi) is 3.94. The van der Waals surface area contributed by atoms with Crippen LogP contribution in [-0.4, -0.2) is 39.9 Å². The third-order valence-corrected chi connectivity index (χ3v) is 4.01. The van der Waals surface area contributed by atoms with Crippen LogP contribution in [0.1, 0.15) is 12.7 Å². The van der Waals surface area contributed by atoms with Crippen LogP contribution >= 0.6 is 11.6 Å². The van der Waals surface area contributed by atoms with Gasteiger partial charge in [-0.15, -0.1) is 0 Å². The first-order valence-corrected chi connectivity index (χ1v) is 7.29. The Morgan fingerprint density at radius 1 is 1.38 bits per heavy atom. The summed E-state index contributed by atoms with van der Waals surface area (Å²) in [5.41, 5.74) is 0.897. The molecule has 2 heterocycles. The van der Waals surface area contributed by atoms with E-state index in [4.69, 9.17) is 11.6 Å². The molecule has 0 spiro atoms. The van der Waals surface area contributed by atoms with Gasteiger partial charge in [0.05, 0.1) is 13.1 Å². The lowest BCUT2D eigenvalue weighted by atomic mass is 10.1. The minimum absolute atomic E-state index is 0.0991. The van der Waals surface area contributed by atoms with Crippen molar-refractivity contribution in [3.8, 4) is 0 Å². The van der Waals surface area contributed by atoms with Gasteiger partial charge in [0, 0.05) is 35.7 Å². The summed E-state index contributed by atoms with van der Waals surface area (Å²) < 4.78 is 0. The van der Waals surface area contributed by atoms with Crippen LogP contribution in [-0.2, 0) is 11.3 Å². The molecule has 1 amide bonds. The molecular formula is C15H17ClN4O. The van der Waals surface area contributed by atoms with E-state index in [1.54, 1.807) is 12.4 Å². The standard InChI is InChI=1S/C15H17ClN4O/c1-11-8-20(13-4-2-12(16)3-5-13)15(21)10-19(11)9-14-17-6-7-18-14/h2-7,11H,8-10H2,1H3,(H,17,18)/t11-/m1/s1. The molecule has 1 atom stereocenters. The van der Waals surface area contributed by atoms with Gasteiger partial charge in [0.15, 0.2) is 0 Å². The number of halogens is 1. The number of carbonyl (C=O) groups is 1. The second-order valence-electron chi connectivity index (χ2n) is 5.27. The van der Waals surface area contributed by atoms with Crippen molar-refractivity contribution in [2.75, 3.05) is 18.0 Å². The molecule has 2 aromatic rings. The zero-order valence-electron chi connectivity index (χ0n) is 11.8. The fourth-order valence-corrected chi connectivity index (χ4v) is 2.68. The molecular weight excluding hydrogens is 288 g/mol. The lowest BCUT2D eigenvalue weighted by Crippen LogP contribution is -2.54. The Balaban J connectivity index is 1.71. The van der Waals surface area contributed by atoms with Gasteiger partial charge in [0.1, 0.15) is 5.82 Å². The van der Waals surface area contributed by atoms with Crippen LogP contribution in [0, 0.1) is 0 Å². The lowest BCUT2D eigenvalue weighted by molar-refractivity contribution is -0.122. The average Bonchev–Trinajstić information content (AvgIpc) is 2.97. The number of nitrogens with one attached hydrogen (secondary N) is 1. The van der Waals surface area contributed by atoms with Gasteiger partial charge in [-0.2, -0.15) is 0 Å². The number of benzene rings is 1. The van der Waals surface area contributed by atoms with Crippen LogP contribution in [0.2, 0.25) is 5.02 Å². The average molecular weight is 305 g/mol. The number of nitrogens with zero attached hydrogens (tertiary/aromatic N) is 3. The summed E-state index contributed by atoms with van der Waals surface area (Å²) in [4.78, 5) is 23.6. The van der Waals surface area contributed by atoms with Crippen molar-refractivity contribution in [2.24, 2.45) is 0 Å². The van der Waals surface area contributed by atoms with Gasteiger partial charge in [0.25, 0.3) is 0 Å². The van der Waals surface area contributed by atoms with Crippen molar-refractivity contribution in [3.05, 3.63) is 47.5 Å². The molecule has 6 heteroatoms. The minimum atomic E-state index is 0.0991. The highest BCUT2D eigenvalue weighted by Gasteiger charge is 2.30. The monoisotopic (exact) mass is 304 g/mol. The van der Waals surface area contributed by atoms with E-state index in [0.29, 0.717) is 24.7 Å². The summed E-state index contributed by atoms with van der Waals surface area (Å²) in [6, 6.07) is 7.65. The van der Waals surface area contributed by atoms with Crippen molar-refractivity contribution < 1.29 is 4.79 Å². The van der Waals surface area contributed by atoms with Crippen molar-refractivity contribution in [1.82, 2.24) is 14.9 Å². The van der Waals surface area contributed by atoms with E-state index in [1.165, 1.54) is 0 Å². The number of hydrogen-bond acceptors (Lipinski definition) is 3. The van der Waals surface area contributed by atoms with E-state index < -0.39 is 0 Å². The molecule has 1 fully saturated rings. The van der Waals surface area contributed by atoms with Gasteiger partial charge in [-0.1, -0.05) is 11.6 Å². The summed E-state index contributed by atoms with van der Waals surface area (Å²) in [5.74, 6) is 0.983. The third-order valence-electron chi connectivity index (χ3n) is 3.76. The number of piperazine rings is 1. The zero-order valence-corrected chi connectivity index (χ0v) is 12.5. The van der Waals surface area contributed by atoms with Gasteiger partial charge < -0.3 is 9.88 Å². The number of aromatic nitrogens is 2.